The molecule has 1 heterocycles. The third-order valence-electron chi connectivity index (χ3n) is 5.71. The normalized spacial score (nSPS) is 33.2. The van der Waals surface area contributed by atoms with Crippen LogP contribution in [0.5, 0.6) is 0 Å². The van der Waals surface area contributed by atoms with Gasteiger partial charge in [-0.1, -0.05) is 20.8 Å². The predicted octanol–water partition coefficient (Wildman–Crippen LogP) is 3.86. The topological polar surface area (TPSA) is 51.2 Å². The minimum Gasteiger partial charge on any atom is -0.464 e. The zero-order chi connectivity index (χ0) is 15.4. The molecule has 0 saturated heterocycles. The Labute approximate surface area is 130 Å². The lowest BCUT2D eigenvalue weighted by Crippen LogP contribution is -2.45. The van der Waals surface area contributed by atoms with E-state index >= 15 is 0 Å². The lowest BCUT2D eigenvalue weighted by Gasteiger charge is -2.43. The summed E-state index contributed by atoms with van der Waals surface area (Å²) in [6, 6.07) is 0.416. The van der Waals surface area contributed by atoms with Crippen molar-refractivity contribution in [3.63, 3.8) is 0 Å². The molecule has 5 heteroatoms. The largest absolute Gasteiger partial charge is 0.464 e. The highest BCUT2D eigenvalue weighted by atomic mass is 32.1. The summed E-state index contributed by atoms with van der Waals surface area (Å²) in [6.45, 7) is 9.03. The monoisotopic (exact) mass is 308 g/mol. The number of hydrogen-bond acceptors (Lipinski definition) is 5. The van der Waals surface area contributed by atoms with Crippen molar-refractivity contribution in [1.29, 1.82) is 0 Å². The zero-order valence-corrected chi connectivity index (χ0v) is 14.3. The summed E-state index contributed by atoms with van der Waals surface area (Å²) in [4.78, 5) is 17.1. The number of nitrogens with zero attached hydrogens (tertiary/aromatic N) is 1. The number of carbonyl (C=O) groups is 1. The van der Waals surface area contributed by atoms with Crippen LogP contribution in [0.4, 0.5) is 5.13 Å². The molecule has 0 spiro atoms. The van der Waals surface area contributed by atoms with Gasteiger partial charge in [0.15, 0.2) is 10.8 Å². The first-order valence-corrected chi connectivity index (χ1v) is 8.42. The van der Waals surface area contributed by atoms with Gasteiger partial charge in [-0.25, -0.2) is 9.78 Å². The van der Waals surface area contributed by atoms with Crippen LogP contribution in [0.25, 0.3) is 0 Å². The van der Waals surface area contributed by atoms with E-state index in [1.54, 1.807) is 11.3 Å². The van der Waals surface area contributed by atoms with Crippen LogP contribution in [0.15, 0.2) is 0 Å². The number of esters is 1. The number of fused-ring (bicyclic) bond motifs is 2. The Kier molecular flexibility index (Phi) is 3.32. The molecule has 2 saturated carbocycles. The van der Waals surface area contributed by atoms with Crippen LogP contribution in [0.2, 0.25) is 0 Å². The number of aryl methyl sites for hydroxylation is 1. The van der Waals surface area contributed by atoms with Crippen molar-refractivity contribution >= 4 is 22.4 Å². The van der Waals surface area contributed by atoms with Crippen LogP contribution >= 0.6 is 11.3 Å². The van der Waals surface area contributed by atoms with E-state index in [1.807, 2.05) is 6.92 Å². The number of aromatic nitrogens is 1. The van der Waals surface area contributed by atoms with Gasteiger partial charge in [0.1, 0.15) is 0 Å². The predicted molar refractivity (Wildman–Crippen MR) is 84.8 cm³/mol. The number of methoxy groups -OCH3 is 1. The zero-order valence-electron chi connectivity index (χ0n) is 13.4. The third kappa shape index (κ3) is 2.17. The highest BCUT2D eigenvalue weighted by molar-refractivity contribution is 7.15. The maximum absolute atomic E-state index is 11.7. The average molecular weight is 308 g/mol. The van der Waals surface area contributed by atoms with Gasteiger partial charge in [0, 0.05) is 10.9 Å². The van der Waals surface area contributed by atoms with Crippen molar-refractivity contribution in [2.24, 2.45) is 16.7 Å². The molecule has 0 aliphatic heterocycles. The van der Waals surface area contributed by atoms with E-state index in [9.17, 15) is 4.79 Å². The SMILES string of the molecule is COC(=O)c1nc(NC2C3(C)CCC(C3)C2(C)C)sc1C. The van der Waals surface area contributed by atoms with Gasteiger partial charge in [-0.15, -0.1) is 11.3 Å². The molecular formula is C16H24N2O2S. The van der Waals surface area contributed by atoms with Crippen molar-refractivity contribution in [2.45, 2.75) is 53.0 Å². The van der Waals surface area contributed by atoms with E-state index < -0.39 is 0 Å². The second-order valence-corrected chi connectivity index (χ2v) is 8.61. The van der Waals surface area contributed by atoms with E-state index in [0.717, 1.165) is 15.9 Å². The Morgan fingerprint density at radius 3 is 2.71 bits per heavy atom. The van der Waals surface area contributed by atoms with Crippen molar-refractivity contribution in [3.8, 4) is 0 Å². The standard InChI is InChI=1S/C16H24N2O2S/c1-9-11(12(19)20-5)17-14(21-9)18-13-15(2,3)10-6-7-16(13,4)8-10/h10,13H,6-8H2,1-5H3,(H,17,18). The van der Waals surface area contributed by atoms with Crippen molar-refractivity contribution in [3.05, 3.63) is 10.6 Å². The molecular weight excluding hydrogens is 284 g/mol. The lowest BCUT2D eigenvalue weighted by molar-refractivity contribution is 0.0594. The van der Waals surface area contributed by atoms with Gasteiger partial charge in [-0.05, 0) is 42.9 Å². The van der Waals surface area contributed by atoms with E-state index in [-0.39, 0.29) is 11.4 Å². The molecule has 3 rings (SSSR count). The first-order chi connectivity index (χ1) is 9.78. The van der Waals surface area contributed by atoms with E-state index in [1.165, 1.54) is 26.4 Å². The van der Waals surface area contributed by atoms with Gasteiger partial charge in [0.05, 0.1) is 7.11 Å². The highest BCUT2D eigenvalue weighted by Crippen LogP contribution is 2.63. The quantitative estimate of drug-likeness (QED) is 0.861. The highest BCUT2D eigenvalue weighted by Gasteiger charge is 2.59. The third-order valence-corrected chi connectivity index (χ3v) is 6.61. The fourth-order valence-corrected chi connectivity index (χ4v) is 5.36. The van der Waals surface area contributed by atoms with E-state index in [0.29, 0.717) is 17.2 Å². The first kappa shape index (κ1) is 14.8. The summed E-state index contributed by atoms with van der Waals surface area (Å²) in [5.74, 6) is 0.441. The van der Waals surface area contributed by atoms with Gasteiger partial charge in [0.25, 0.3) is 0 Å². The summed E-state index contributed by atoms with van der Waals surface area (Å²) in [7, 11) is 1.40. The summed E-state index contributed by atoms with van der Waals surface area (Å²) in [5, 5.41) is 4.49. The molecule has 0 radical (unpaired) electrons. The Morgan fingerprint density at radius 2 is 2.14 bits per heavy atom. The van der Waals surface area contributed by atoms with E-state index in [2.05, 4.69) is 31.1 Å². The molecule has 1 aromatic heterocycles. The smallest absolute Gasteiger partial charge is 0.357 e. The number of carbonyl (C=O) groups excluding carboxylic acids is 1. The van der Waals surface area contributed by atoms with Crippen LogP contribution in [0, 0.1) is 23.7 Å². The van der Waals surface area contributed by atoms with Crippen molar-refractivity contribution in [2.75, 3.05) is 12.4 Å². The minimum absolute atomic E-state index is 0.276. The Balaban J connectivity index is 1.86. The number of anilines is 1. The molecule has 3 unspecified atom stereocenters. The molecule has 2 aliphatic carbocycles. The maximum atomic E-state index is 11.7. The van der Waals surface area contributed by atoms with Crippen LogP contribution < -0.4 is 5.32 Å². The minimum atomic E-state index is -0.352. The number of nitrogens with one attached hydrogen (secondary N) is 1. The van der Waals surface area contributed by atoms with Crippen LogP contribution in [-0.4, -0.2) is 24.1 Å². The summed E-state index contributed by atoms with van der Waals surface area (Å²) in [6.07, 6.45) is 3.92. The summed E-state index contributed by atoms with van der Waals surface area (Å²) >= 11 is 1.55. The summed E-state index contributed by atoms with van der Waals surface area (Å²) in [5.41, 5.74) is 1.06. The van der Waals surface area contributed by atoms with Gasteiger partial charge < -0.3 is 10.1 Å². The Bertz CT molecular complexity index is 576. The molecule has 21 heavy (non-hydrogen) atoms. The second kappa shape index (κ2) is 4.70. The van der Waals surface area contributed by atoms with Gasteiger partial charge in [-0.3, -0.25) is 0 Å². The second-order valence-electron chi connectivity index (χ2n) is 7.41. The van der Waals surface area contributed by atoms with Crippen LogP contribution in [-0.2, 0) is 4.74 Å². The maximum Gasteiger partial charge on any atom is 0.357 e. The average Bonchev–Trinajstić information content (AvgIpc) is 3.03. The molecule has 0 amide bonds. The fourth-order valence-electron chi connectivity index (χ4n) is 4.53. The Morgan fingerprint density at radius 1 is 1.43 bits per heavy atom. The van der Waals surface area contributed by atoms with Crippen molar-refractivity contribution < 1.29 is 9.53 Å². The molecule has 3 atom stereocenters. The number of thiazole rings is 1. The molecule has 1 N–H and O–H groups in total. The van der Waals surface area contributed by atoms with Crippen molar-refractivity contribution in [1.82, 2.24) is 4.98 Å². The van der Waals surface area contributed by atoms with Crippen LogP contribution in [0.3, 0.4) is 0 Å². The molecule has 1 aromatic rings. The Hall–Kier alpha value is -1.10. The van der Waals surface area contributed by atoms with Gasteiger partial charge in [-0.2, -0.15) is 0 Å². The fraction of sp³-hybridized carbons (Fsp3) is 0.750. The lowest BCUT2D eigenvalue weighted by atomic mass is 9.68. The number of ether oxygens (including phenoxy) is 1. The van der Waals surface area contributed by atoms with Gasteiger partial charge in [0.2, 0.25) is 0 Å². The first-order valence-electron chi connectivity index (χ1n) is 7.60. The molecule has 2 bridgehead atoms. The molecule has 116 valence electrons. The molecule has 4 nitrogen and oxygen atoms in total. The molecule has 2 fully saturated rings. The summed E-state index contributed by atoms with van der Waals surface area (Å²) < 4.78 is 4.79. The molecule has 2 aliphatic rings. The molecule has 0 aromatic carbocycles. The van der Waals surface area contributed by atoms with E-state index in [4.69, 9.17) is 4.74 Å². The number of hydrogen-bond donors (Lipinski definition) is 1. The van der Waals surface area contributed by atoms with Crippen LogP contribution in [0.1, 0.15) is 55.4 Å². The van der Waals surface area contributed by atoms with Gasteiger partial charge >= 0.3 is 5.97 Å². The number of rotatable bonds is 3.